The van der Waals surface area contributed by atoms with Gasteiger partial charge < -0.3 is 0 Å². The fraction of sp³-hybridized carbons (Fsp3) is 0. The number of hydrogen-bond donors (Lipinski definition) is 2. The van der Waals surface area contributed by atoms with E-state index in [4.69, 9.17) is 10.5 Å². The summed E-state index contributed by atoms with van der Waals surface area (Å²) in [5.41, 5.74) is 5.06. The summed E-state index contributed by atoms with van der Waals surface area (Å²) >= 11 is 0. The standard InChI is InChI=1S/C16H12N2O2/c17-11-13-3-8-15(9-4-13)14-6-1-12(2-7-14)5-10-16(19)18-20/h1-10,20H,(H,18,19)/b10-5+. The molecule has 2 aromatic carbocycles. The van der Waals surface area contributed by atoms with Crippen LogP contribution in [0.15, 0.2) is 54.6 Å². The lowest BCUT2D eigenvalue weighted by atomic mass is 10.0. The molecule has 2 N–H and O–H groups in total. The lowest BCUT2D eigenvalue weighted by Gasteiger charge is -2.02. The first-order valence-electron chi connectivity index (χ1n) is 5.95. The number of hydroxylamine groups is 1. The first kappa shape index (κ1) is 13.5. The first-order valence-corrected chi connectivity index (χ1v) is 5.95. The molecule has 0 aliphatic heterocycles. The molecule has 0 saturated heterocycles. The van der Waals surface area contributed by atoms with Crippen LogP contribution in [0.2, 0.25) is 0 Å². The normalized spacial score (nSPS) is 10.2. The van der Waals surface area contributed by atoms with Gasteiger partial charge in [-0.1, -0.05) is 36.4 Å². The van der Waals surface area contributed by atoms with Crippen LogP contribution in [0.25, 0.3) is 17.2 Å². The van der Waals surface area contributed by atoms with Crippen molar-refractivity contribution in [3.05, 3.63) is 65.7 Å². The number of amides is 1. The van der Waals surface area contributed by atoms with E-state index >= 15 is 0 Å². The molecule has 4 nitrogen and oxygen atoms in total. The van der Waals surface area contributed by atoms with Gasteiger partial charge in [0.1, 0.15) is 0 Å². The highest BCUT2D eigenvalue weighted by Gasteiger charge is 1.98. The van der Waals surface area contributed by atoms with Gasteiger partial charge in [-0.25, -0.2) is 5.48 Å². The molecule has 0 saturated carbocycles. The Balaban J connectivity index is 2.17. The number of benzene rings is 2. The van der Waals surface area contributed by atoms with E-state index in [1.165, 1.54) is 11.6 Å². The zero-order valence-electron chi connectivity index (χ0n) is 10.6. The number of hydrogen-bond acceptors (Lipinski definition) is 3. The quantitative estimate of drug-likeness (QED) is 0.508. The van der Waals surface area contributed by atoms with E-state index in [2.05, 4.69) is 6.07 Å². The van der Waals surface area contributed by atoms with Gasteiger partial charge in [0, 0.05) is 6.08 Å². The Morgan fingerprint density at radius 1 is 1.05 bits per heavy atom. The average molecular weight is 264 g/mol. The van der Waals surface area contributed by atoms with Crippen molar-refractivity contribution in [2.45, 2.75) is 0 Å². The second-order valence-corrected chi connectivity index (χ2v) is 4.12. The lowest BCUT2D eigenvalue weighted by Crippen LogP contribution is -2.14. The van der Waals surface area contributed by atoms with E-state index in [0.717, 1.165) is 16.7 Å². The second kappa shape index (κ2) is 6.32. The summed E-state index contributed by atoms with van der Waals surface area (Å²) in [4.78, 5) is 10.9. The van der Waals surface area contributed by atoms with Crippen molar-refractivity contribution in [3.63, 3.8) is 0 Å². The molecule has 0 aromatic heterocycles. The molecule has 0 radical (unpaired) electrons. The highest BCUT2D eigenvalue weighted by atomic mass is 16.5. The average Bonchev–Trinajstić information content (AvgIpc) is 2.53. The maximum Gasteiger partial charge on any atom is 0.267 e. The van der Waals surface area contributed by atoms with Gasteiger partial charge in [0.15, 0.2) is 0 Å². The number of carbonyl (C=O) groups is 1. The van der Waals surface area contributed by atoms with Crippen LogP contribution in [-0.4, -0.2) is 11.1 Å². The number of rotatable bonds is 3. The Hall–Kier alpha value is -2.90. The maximum absolute atomic E-state index is 10.9. The van der Waals surface area contributed by atoms with Gasteiger partial charge in [0.05, 0.1) is 11.6 Å². The topological polar surface area (TPSA) is 73.1 Å². The highest BCUT2D eigenvalue weighted by molar-refractivity contribution is 5.90. The summed E-state index contributed by atoms with van der Waals surface area (Å²) in [5.74, 6) is -0.568. The zero-order chi connectivity index (χ0) is 14.4. The van der Waals surface area contributed by atoms with Crippen molar-refractivity contribution in [2.75, 3.05) is 0 Å². The van der Waals surface area contributed by atoms with Gasteiger partial charge in [-0.15, -0.1) is 0 Å². The Kier molecular flexibility index (Phi) is 4.28. The monoisotopic (exact) mass is 264 g/mol. The van der Waals surface area contributed by atoms with Crippen LogP contribution in [0.1, 0.15) is 11.1 Å². The van der Waals surface area contributed by atoms with Gasteiger partial charge in [0.25, 0.3) is 5.91 Å². The molecule has 20 heavy (non-hydrogen) atoms. The number of nitriles is 1. The van der Waals surface area contributed by atoms with Crippen molar-refractivity contribution in [1.29, 1.82) is 5.26 Å². The fourth-order valence-electron chi connectivity index (χ4n) is 1.73. The Labute approximate surface area is 116 Å². The van der Waals surface area contributed by atoms with Crippen molar-refractivity contribution < 1.29 is 10.0 Å². The number of carbonyl (C=O) groups excluding carboxylic acids is 1. The van der Waals surface area contributed by atoms with Crippen molar-refractivity contribution in [1.82, 2.24) is 5.48 Å². The van der Waals surface area contributed by atoms with Crippen LogP contribution in [0.3, 0.4) is 0 Å². The van der Waals surface area contributed by atoms with Crippen LogP contribution < -0.4 is 5.48 Å². The molecule has 0 fully saturated rings. The minimum absolute atomic E-state index is 0.568. The molecule has 2 aromatic rings. The highest BCUT2D eigenvalue weighted by Crippen LogP contribution is 2.20. The molecule has 0 unspecified atom stereocenters. The Morgan fingerprint density at radius 2 is 1.60 bits per heavy atom. The van der Waals surface area contributed by atoms with E-state index in [1.807, 2.05) is 36.4 Å². The van der Waals surface area contributed by atoms with Crippen molar-refractivity contribution in [3.8, 4) is 17.2 Å². The molecule has 0 aliphatic rings. The molecular formula is C16H12N2O2. The smallest absolute Gasteiger partial charge is 0.267 e. The fourth-order valence-corrected chi connectivity index (χ4v) is 1.73. The van der Waals surface area contributed by atoms with E-state index in [0.29, 0.717) is 5.56 Å². The third-order valence-corrected chi connectivity index (χ3v) is 2.80. The molecule has 0 bridgehead atoms. The van der Waals surface area contributed by atoms with E-state index < -0.39 is 5.91 Å². The van der Waals surface area contributed by atoms with E-state index in [1.54, 1.807) is 18.2 Å². The molecule has 0 atom stereocenters. The predicted octanol–water partition coefficient (Wildman–Crippen LogP) is 2.74. The largest absolute Gasteiger partial charge is 0.288 e. The van der Waals surface area contributed by atoms with Gasteiger partial charge in [-0.2, -0.15) is 5.26 Å². The maximum atomic E-state index is 10.9. The Morgan fingerprint density at radius 3 is 2.10 bits per heavy atom. The van der Waals surface area contributed by atoms with Crippen molar-refractivity contribution >= 4 is 12.0 Å². The SMILES string of the molecule is N#Cc1ccc(-c2ccc(/C=C/C(=O)NO)cc2)cc1. The number of nitrogens with one attached hydrogen (secondary N) is 1. The van der Waals surface area contributed by atoms with Crippen LogP contribution in [0.5, 0.6) is 0 Å². The minimum Gasteiger partial charge on any atom is -0.288 e. The van der Waals surface area contributed by atoms with Crippen LogP contribution in [-0.2, 0) is 4.79 Å². The minimum atomic E-state index is -0.568. The molecule has 2 rings (SSSR count). The van der Waals surface area contributed by atoms with Gasteiger partial charge in [0.2, 0.25) is 0 Å². The summed E-state index contributed by atoms with van der Waals surface area (Å²) in [6.07, 6.45) is 2.85. The summed E-state index contributed by atoms with van der Waals surface area (Å²) in [6, 6.07) is 17.0. The lowest BCUT2D eigenvalue weighted by molar-refractivity contribution is -0.124. The molecular weight excluding hydrogens is 252 g/mol. The summed E-state index contributed by atoms with van der Waals surface area (Å²) in [7, 11) is 0. The Bertz CT molecular complexity index is 665. The zero-order valence-corrected chi connectivity index (χ0v) is 10.6. The second-order valence-electron chi connectivity index (χ2n) is 4.12. The molecule has 4 heteroatoms. The summed E-state index contributed by atoms with van der Waals surface area (Å²) < 4.78 is 0. The molecule has 0 spiro atoms. The van der Waals surface area contributed by atoms with Gasteiger partial charge in [-0.3, -0.25) is 10.0 Å². The van der Waals surface area contributed by atoms with Crippen LogP contribution >= 0.6 is 0 Å². The summed E-state index contributed by atoms with van der Waals surface area (Å²) in [6.45, 7) is 0. The predicted molar refractivity (Wildman–Crippen MR) is 75.6 cm³/mol. The third-order valence-electron chi connectivity index (χ3n) is 2.80. The summed E-state index contributed by atoms with van der Waals surface area (Å²) in [5, 5.41) is 17.1. The van der Waals surface area contributed by atoms with E-state index in [9.17, 15) is 4.79 Å². The van der Waals surface area contributed by atoms with E-state index in [-0.39, 0.29) is 0 Å². The molecule has 0 heterocycles. The van der Waals surface area contributed by atoms with Gasteiger partial charge >= 0.3 is 0 Å². The molecule has 0 aliphatic carbocycles. The first-order chi connectivity index (χ1) is 9.72. The van der Waals surface area contributed by atoms with Crippen LogP contribution in [0, 0.1) is 11.3 Å². The third kappa shape index (κ3) is 3.31. The number of nitrogens with zero attached hydrogens (tertiary/aromatic N) is 1. The van der Waals surface area contributed by atoms with Crippen LogP contribution in [0.4, 0.5) is 0 Å². The molecule has 98 valence electrons. The van der Waals surface area contributed by atoms with Gasteiger partial charge in [-0.05, 0) is 34.9 Å². The molecule has 1 amide bonds. The van der Waals surface area contributed by atoms with Crippen molar-refractivity contribution in [2.24, 2.45) is 0 Å².